The molecular formula is C20H25NO3. The van der Waals surface area contributed by atoms with Gasteiger partial charge in [-0.1, -0.05) is 36.4 Å². The SMILES string of the molecule is CC(NCC(O)Cc1ccccc1)c1ccc2c(c1)OCCCO2. The first-order valence-electron chi connectivity index (χ1n) is 8.57. The molecule has 0 saturated heterocycles. The van der Waals surface area contributed by atoms with Crippen LogP contribution in [0.4, 0.5) is 0 Å². The Morgan fingerprint density at radius 1 is 1.04 bits per heavy atom. The summed E-state index contributed by atoms with van der Waals surface area (Å²) in [6.45, 7) is 4.03. The predicted octanol–water partition coefficient (Wildman–Crippen LogP) is 3.10. The van der Waals surface area contributed by atoms with Gasteiger partial charge >= 0.3 is 0 Å². The minimum Gasteiger partial charge on any atom is -0.490 e. The van der Waals surface area contributed by atoms with E-state index in [1.165, 1.54) is 0 Å². The van der Waals surface area contributed by atoms with Crippen LogP contribution in [0, 0.1) is 0 Å². The second kappa shape index (κ2) is 8.18. The first-order chi connectivity index (χ1) is 11.7. The van der Waals surface area contributed by atoms with E-state index >= 15 is 0 Å². The highest BCUT2D eigenvalue weighted by molar-refractivity contribution is 5.44. The Bertz CT molecular complexity index is 645. The molecule has 0 aliphatic carbocycles. The largest absolute Gasteiger partial charge is 0.490 e. The van der Waals surface area contributed by atoms with Crippen LogP contribution in [0.5, 0.6) is 11.5 Å². The van der Waals surface area contributed by atoms with Crippen LogP contribution in [0.2, 0.25) is 0 Å². The normalized spacial score (nSPS) is 16.2. The maximum atomic E-state index is 10.2. The van der Waals surface area contributed by atoms with Crippen molar-refractivity contribution in [3.8, 4) is 11.5 Å². The summed E-state index contributed by atoms with van der Waals surface area (Å²) in [5.41, 5.74) is 2.28. The van der Waals surface area contributed by atoms with Gasteiger partial charge in [0, 0.05) is 19.0 Å². The van der Waals surface area contributed by atoms with Crippen molar-refractivity contribution in [3.05, 3.63) is 59.7 Å². The average Bonchev–Trinajstić information content (AvgIpc) is 2.85. The number of hydrogen-bond donors (Lipinski definition) is 2. The zero-order valence-corrected chi connectivity index (χ0v) is 14.1. The number of aliphatic hydroxyl groups is 1. The molecule has 3 rings (SSSR count). The Morgan fingerprint density at radius 2 is 1.79 bits per heavy atom. The van der Waals surface area contributed by atoms with Crippen LogP contribution < -0.4 is 14.8 Å². The van der Waals surface area contributed by atoms with E-state index in [0.29, 0.717) is 26.2 Å². The van der Waals surface area contributed by atoms with Crippen LogP contribution in [0.1, 0.15) is 30.5 Å². The van der Waals surface area contributed by atoms with E-state index in [1.54, 1.807) is 0 Å². The van der Waals surface area contributed by atoms with Crippen LogP contribution in [-0.2, 0) is 6.42 Å². The van der Waals surface area contributed by atoms with E-state index in [-0.39, 0.29) is 6.04 Å². The lowest BCUT2D eigenvalue weighted by Crippen LogP contribution is -2.30. The molecule has 0 radical (unpaired) electrons. The third-order valence-corrected chi connectivity index (χ3v) is 4.25. The smallest absolute Gasteiger partial charge is 0.161 e. The van der Waals surface area contributed by atoms with Crippen LogP contribution in [0.25, 0.3) is 0 Å². The van der Waals surface area contributed by atoms with Gasteiger partial charge in [0.2, 0.25) is 0 Å². The maximum Gasteiger partial charge on any atom is 0.161 e. The van der Waals surface area contributed by atoms with Gasteiger partial charge in [0.1, 0.15) is 0 Å². The molecule has 2 N–H and O–H groups in total. The van der Waals surface area contributed by atoms with Gasteiger partial charge in [0.15, 0.2) is 11.5 Å². The number of ether oxygens (including phenoxy) is 2. The number of rotatable bonds is 6. The monoisotopic (exact) mass is 327 g/mol. The summed E-state index contributed by atoms with van der Waals surface area (Å²) in [4.78, 5) is 0. The predicted molar refractivity (Wildman–Crippen MR) is 94.6 cm³/mol. The average molecular weight is 327 g/mol. The molecule has 2 aromatic rings. The van der Waals surface area contributed by atoms with Crippen LogP contribution in [0.15, 0.2) is 48.5 Å². The minimum atomic E-state index is -0.407. The second-order valence-electron chi connectivity index (χ2n) is 6.23. The van der Waals surface area contributed by atoms with Crippen molar-refractivity contribution in [2.24, 2.45) is 0 Å². The number of fused-ring (bicyclic) bond motifs is 1. The molecule has 24 heavy (non-hydrogen) atoms. The molecule has 2 unspecified atom stereocenters. The Labute approximate surface area is 143 Å². The summed E-state index contributed by atoms with van der Waals surface area (Å²) in [7, 11) is 0. The molecule has 2 aromatic carbocycles. The minimum absolute atomic E-state index is 0.132. The summed E-state index contributed by atoms with van der Waals surface area (Å²) in [6.07, 6.45) is 1.15. The summed E-state index contributed by atoms with van der Waals surface area (Å²) in [6, 6.07) is 16.2. The number of hydrogen-bond acceptors (Lipinski definition) is 4. The van der Waals surface area contributed by atoms with Crippen LogP contribution in [-0.4, -0.2) is 31.0 Å². The van der Waals surface area contributed by atoms with Crippen molar-refractivity contribution >= 4 is 0 Å². The van der Waals surface area contributed by atoms with Gasteiger partial charge in [-0.2, -0.15) is 0 Å². The van der Waals surface area contributed by atoms with Gasteiger partial charge in [-0.3, -0.25) is 0 Å². The highest BCUT2D eigenvalue weighted by Crippen LogP contribution is 2.32. The number of aliphatic hydroxyl groups excluding tert-OH is 1. The lowest BCUT2D eigenvalue weighted by molar-refractivity contribution is 0.168. The molecule has 0 amide bonds. The first-order valence-corrected chi connectivity index (χ1v) is 8.57. The number of nitrogens with one attached hydrogen (secondary N) is 1. The van der Waals surface area contributed by atoms with Crippen LogP contribution >= 0.6 is 0 Å². The van der Waals surface area contributed by atoms with Crippen LogP contribution in [0.3, 0.4) is 0 Å². The van der Waals surface area contributed by atoms with Gasteiger partial charge in [-0.25, -0.2) is 0 Å². The zero-order valence-electron chi connectivity index (χ0n) is 14.1. The third kappa shape index (κ3) is 4.49. The summed E-state index contributed by atoms with van der Waals surface area (Å²) < 4.78 is 11.4. The topological polar surface area (TPSA) is 50.7 Å². The summed E-state index contributed by atoms with van der Waals surface area (Å²) >= 11 is 0. The van der Waals surface area contributed by atoms with E-state index in [2.05, 4.69) is 18.3 Å². The second-order valence-corrected chi connectivity index (χ2v) is 6.23. The zero-order chi connectivity index (χ0) is 16.8. The van der Waals surface area contributed by atoms with Gasteiger partial charge in [-0.05, 0) is 36.6 Å². The number of benzene rings is 2. The Kier molecular flexibility index (Phi) is 5.72. The van der Waals surface area contributed by atoms with Crippen molar-refractivity contribution < 1.29 is 14.6 Å². The van der Waals surface area contributed by atoms with Crippen molar-refractivity contribution in [1.82, 2.24) is 5.32 Å². The molecule has 1 aliphatic heterocycles. The molecule has 0 fully saturated rings. The van der Waals surface area contributed by atoms with Gasteiger partial charge in [0.25, 0.3) is 0 Å². The fraction of sp³-hybridized carbons (Fsp3) is 0.400. The highest BCUT2D eigenvalue weighted by atomic mass is 16.5. The quantitative estimate of drug-likeness (QED) is 0.856. The fourth-order valence-corrected chi connectivity index (χ4v) is 2.84. The Morgan fingerprint density at radius 3 is 2.58 bits per heavy atom. The van der Waals surface area contributed by atoms with Crippen molar-refractivity contribution in [2.75, 3.05) is 19.8 Å². The lowest BCUT2D eigenvalue weighted by atomic mass is 10.1. The molecule has 4 nitrogen and oxygen atoms in total. The molecule has 2 atom stereocenters. The standard InChI is InChI=1S/C20H25NO3/c1-15(21-14-18(22)12-16-6-3-2-4-7-16)17-8-9-19-20(13-17)24-11-5-10-23-19/h2-4,6-9,13,15,18,21-22H,5,10-12,14H2,1H3. The molecule has 0 bridgehead atoms. The Hall–Kier alpha value is -2.04. The lowest BCUT2D eigenvalue weighted by Gasteiger charge is -2.19. The molecule has 1 aliphatic rings. The molecule has 128 valence electrons. The molecule has 1 heterocycles. The van der Waals surface area contributed by atoms with Crippen molar-refractivity contribution in [1.29, 1.82) is 0 Å². The van der Waals surface area contributed by atoms with Gasteiger partial charge in [0.05, 0.1) is 19.3 Å². The maximum absolute atomic E-state index is 10.2. The molecule has 0 aromatic heterocycles. The summed E-state index contributed by atoms with van der Waals surface area (Å²) in [5.74, 6) is 1.62. The van der Waals surface area contributed by atoms with E-state index in [4.69, 9.17) is 9.47 Å². The summed E-state index contributed by atoms with van der Waals surface area (Å²) in [5, 5.41) is 13.6. The molecule has 0 saturated carbocycles. The molecule has 4 heteroatoms. The van der Waals surface area contributed by atoms with E-state index in [1.807, 2.05) is 42.5 Å². The molecule has 0 spiro atoms. The fourth-order valence-electron chi connectivity index (χ4n) is 2.84. The van der Waals surface area contributed by atoms with Gasteiger partial charge in [-0.15, -0.1) is 0 Å². The van der Waals surface area contributed by atoms with Gasteiger partial charge < -0.3 is 19.9 Å². The van der Waals surface area contributed by atoms with Crippen molar-refractivity contribution in [2.45, 2.75) is 31.9 Å². The van der Waals surface area contributed by atoms with Crippen molar-refractivity contribution in [3.63, 3.8) is 0 Å². The Balaban J connectivity index is 1.55. The third-order valence-electron chi connectivity index (χ3n) is 4.25. The van der Waals surface area contributed by atoms with E-state index in [9.17, 15) is 5.11 Å². The first kappa shape index (κ1) is 16.8. The highest BCUT2D eigenvalue weighted by Gasteiger charge is 2.14. The van der Waals surface area contributed by atoms with E-state index < -0.39 is 6.10 Å². The van der Waals surface area contributed by atoms with E-state index in [0.717, 1.165) is 29.0 Å². The molecular weight excluding hydrogens is 302 g/mol.